The molecule has 0 amide bonds. The maximum absolute atomic E-state index is 10.7. The Bertz CT molecular complexity index is 483. The molecule has 0 saturated carbocycles. The van der Waals surface area contributed by atoms with Gasteiger partial charge in [0.05, 0.1) is 13.7 Å². The molecule has 0 aliphatic rings. The highest BCUT2D eigenvalue weighted by Gasteiger charge is 2.11. The fourth-order valence-corrected chi connectivity index (χ4v) is 2.16. The Hall–Kier alpha value is -1.49. The number of hydrogen-bond donors (Lipinski definition) is 1. The van der Waals surface area contributed by atoms with Gasteiger partial charge in [-0.3, -0.25) is 0 Å². The highest BCUT2D eigenvalue weighted by atomic mass is 79.9. The Labute approximate surface area is 127 Å². The topological polar surface area (TPSA) is 55.8 Å². The van der Waals surface area contributed by atoms with E-state index in [0.717, 1.165) is 29.8 Å². The number of aliphatic carboxylic acids is 1. The number of rotatable bonds is 8. The van der Waals surface area contributed by atoms with Crippen LogP contribution in [-0.4, -0.2) is 24.8 Å². The molecule has 0 fully saturated rings. The maximum Gasteiger partial charge on any atom is 0.328 e. The summed E-state index contributed by atoms with van der Waals surface area (Å²) >= 11 is 3.37. The van der Waals surface area contributed by atoms with E-state index in [1.807, 2.05) is 0 Å². The quantitative estimate of drug-likeness (QED) is 0.570. The lowest BCUT2D eigenvalue weighted by molar-refractivity contribution is -0.131. The van der Waals surface area contributed by atoms with Crippen LogP contribution in [0, 0.1) is 0 Å². The predicted octanol–water partition coefficient (Wildman–Crippen LogP) is 4.12. The summed E-state index contributed by atoms with van der Waals surface area (Å²) in [5.41, 5.74) is 0.676. The minimum Gasteiger partial charge on any atom is -0.493 e. The minimum atomic E-state index is -0.999. The van der Waals surface area contributed by atoms with E-state index in [1.165, 1.54) is 6.08 Å². The summed E-state index contributed by atoms with van der Waals surface area (Å²) in [4.78, 5) is 10.7. The van der Waals surface area contributed by atoms with Gasteiger partial charge in [-0.25, -0.2) is 4.79 Å². The number of carboxylic acid groups (broad SMARTS) is 1. The normalized spacial score (nSPS) is 10.8. The van der Waals surface area contributed by atoms with Gasteiger partial charge in [0.15, 0.2) is 11.5 Å². The molecule has 20 heavy (non-hydrogen) atoms. The van der Waals surface area contributed by atoms with Crippen LogP contribution in [-0.2, 0) is 4.79 Å². The summed E-state index contributed by atoms with van der Waals surface area (Å²) < 4.78 is 11.9. The van der Waals surface area contributed by atoms with E-state index in [9.17, 15) is 4.79 Å². The molecule has 0 aromatic heterocycles. The van der Waals surface area contributed by atoms with E-state index in [2.05, 4.69) is 22.9 Å². The number of hydrogen-bond acceptors (Lipinski definition) is 3. The van der Waals surface area contributed by atoms with Crippen LogP contribution >= 0.6 is 15.9 Å². The third-order valence-corrected chi connectivity index (χ3v) is 3.13. The Morgan fingerprint density at radius 2 is 2.15 bits per heavy atom. The molecule has 0 heterocycles. The van der Waals surface area contributed by atoms with E-state index >= 15 is 0 Å². The molecule has 1 rings (SSSR count). The Morgan fingerprint density at radius 3 is 2.75 bits per heavy atom. The first-order chi connectivity index (χ1) is 9.58. The Balaban J connectivity index is 2.99. The fourth-order valence-electron chi connectivity index (χ4n) is 1.71. The summed E-state index contributed by atoms with van der Waals surface area (Å²) in [5, 5.41) is 8.74. The number of unbranched alkanes of at least 4 members (excludes halogenated alkanes) is 2. The van der Waals surface area contributed by atoms with Crippen molar-refractivity contribution in [1.29, 1.82) is 0 Å². The Morgan fingerprint density at radius 1 is 1.40 bits per heavy atom. The average Bonchev–Trinajstić information content (AvgIpc) is 2.42. The number of methoxy groups -OCH3 is 1. The lowest BCUT2D eigenvalue weighted by Crippen LogP contribution is -2.01. The molecule has 1 N–H and O–H groups in total. The van der Waals surface area contributed by atoms with Crippen molar-refractivity contribution in [3.63, 3.8) is 0 Å². The van der Waals surface area contributed by atoms with Gasteiger partial charge < -0.3 is 14.6 Å². The maximum atomic E-state index is 10.7. The predicted molar refractivity (Wildman–Crippen MR) is 82.4 cm³/mol. The van der Waals surface area contributed by atoms with Gasteiger partial charge >= 0.3 is 5.97 Å². The van der Waals surface area contributed by atoms with Crippen LogP contribution in [0.2, 0.25) is 0 Å². The summed E-state index contributed by atoms with van der Waals surface area (Å²) in [7, 11) is 1.56. The second-order valence-corrected chi connectivity index (χ2v) is 5.17. The van der Waals surface area contributed by atoms with Gasteiger partial charge in [-0.05, 0) is 24.6 Å². The first kappa shape index (κ1) is 16.6. The van der Waals surface area contributed by atoms with Gasteiger partial charge in [0.2, 0.25) is 0 Å². The summed E-state index contributed by atoms with van der Waals surface area (Å²) in [5.74, 6) is 0.158. The first-order valence-corrected chi connectivity index (χ1v) is 7.29. The third-order valence-electron chi connectivity index (χ3n) is 2.67. The van der Waals surface area contributed by atoms with Crippen molar-refractivity contribution in [3.8, 4) is 11.5 Å². The molecule has 0 unspecified atom stereocenters. The molecule has 0 spiro atoms. The van der Waals surface area contributed by atoms with Crippen LogP contribution in [0.1, 0.15) is 31.7 Å². The summed E-state index contributed by atoms with van der Waals surface area (Å²) in [6, 6.07) is 3.60. The number of benzene rings is 1. The van der Waals surface area contributed by atoms with Crippen molar-refractivity contribution in [1.82, 2.24) is 0 Å². The van der Waals surface area contributed by atoms with E-state index < -0.39 is 5.97 Å². The van der Waals surface area contributed by atoms with Gasteiger partial charge in [-0.15, -0.1) is 0 Å². The molecular formula is C15H19BrO4. The van der Waals surface area contributed by atoms with Crippen molar-refractivity contribution in [2.75, 3.05) is 13.7 Å². The van der Waals surface area contributed by atoms with E-state index in [1.54, 1.807) is 19.2 Å². The highest BCUT2D eigenvalue weighted by Crippen LogP contribution is 2.35. The van der Waals surface area contributed by atoms with Crippen LogP contribution in [0.25, 0.3) is 6.08 Å². The summed E-state index contributed by atoms with van der Waals surface area (Å²) in [6.07, 6.45) is 5.76. The average molecular weight is 343 g/mol. The second kappa shape index (κ2) is 8.64. The van der Waals surface area contributed by atoms with Crippen LogP contribution < -0.4 is 9.47 Å². The van der Waals surface area contributed by atoms with Crippen molar-refractivity contribution in [2.45, 2.75) is 26.2 Å². The minimum absolute atomic E-state index is 0.573. The first-order valence-electron chi connectivity index (χ1n) is 6.49. The Kier molecular flexibility index (Phi) is 7.15. The molecule has 4 nitrogen and oxygen atoms in total. The zero-order valence-corrected chi connectivity index (χ0v) is 13.3. The monoisotopic (exact) mass is 342 g/mol. The van der Waals surface area contributed by atoms with Crippen molar-refractivity contribution in [2.24, 2.45) is 0 Å². The molecule has 0 radical (unpaired) electrons. The molecule has 110 valence electrons. The molecule has 0 bridgehead atoms. The van der Waals surface area contributed by atoms with E-state index in [-0.39, 0.29) is 0 Å². The molecular weight excluding hydrogens is 324 g/mol. The smallest absolute Gasteiger partial charge is 0.328 e. The molecule has 0 saturated heterocycles. The molecule has 0 atom stereocenters. The van der Waals surface area contributed by atoms with Crippen molar-refractivity contribution in [3.05, 3.63) is 28.2 Å². The van der Waals surface area contributed by atoms with E-state index in [0.29, 0.717) is 23.7 Å². The molecule has 5 heteroatoms. The zero-order chi connectivity index (χ0) is 15.0. The number of carbonyl (C=O) groups is 1. The number of carboxylic acids is 1. The van der Waals surface area contributed by atoms with Crippen molar-refractivity contribution >= 4 is 28.0 Å². The third kappa shape index (κ3) is 5.25. The molecule has 1 aromatic rings. The van der Waals surface area contributed by atoms with Gasteiger partial charge in [0.1, 0.15) is 0 Å². The zero-order valence-electron chi connectivity index (χ0n) is 11.7. The number of halogens is 1. The van der Waals surface area contributed by atoms with Crippen molar-refractivity contribution < 1.29 is 19.4 Å². The van der Waals surface area contributed by atoms with Gasteiger partial charge in [0.25, 0.3) is 0 Å². The molecule has 1 aromatic carbocycles. The van der Waals surface area contributed by atoms with Gasteiger partial charge in [-0.2, -0.15) is 0 Å². The van der Waals surface area contributed by atoms with Gasteiger partial charge in [-0.1, -0.05) is 35.7 Å². The fraction of sp³-hybridized carbons (Fsp3) is 0.400. The lowest BCUT2D eigenvalue weighted by atomic mass is 10.1. The van der Waals surface area contributed by atoms with Gasteiger partial charge in [0, 0.05) is 16.1 Å². The van der Waals surface area contributed by atoms with Crippen LogP contribution in [0.4, 0.5) is 0 Å². The molecule has 0 aliphatic carbocycles. The summed E-state index contributed by atoms with van der Waals surface area (Å²) in [6.45, 7) is 2.71. The highest BCUT2D eigenvalue weighted by molar-refractivity contribution is 9.10. The molecule has 0 aliphatic heterocycles. The SMILES string of the molecule is CCCCCOc1c(/C=C/C(=O)O)cc(Br)cc1OC. The van der Waals surface area contributed by atoms with Crippen LogP contribution in [0.15, 0.2) is 22.7 Å². The van der Waals surface area contributed by atoms with Crippen LogP contribution in [0.3, 0.4) is 0 Å². The second-order valence-electron chi connectivity index (χ2n) is 4.25. The number of ether oxygens (including phenoxy) is 2. The van der Waals surface area contributed by atoms with Crippen LogP contribution in [0.5, 0.6) is 11.5 Å². The standard InChI is InChI=1S/C15H19BrO4/c1-3-4-5-8-20-15-11(6-7-14(17)18)9-12(16)10-13(15)19-2/h6-7,9-10H,3-5,8H2,1-2H3,(H,17,18)/b7-6+. The lowest BCUT2D eigenvalue weighted by Gasteiger charge is -2.14. The van der Waals surface area contributed by atoms with E-state index in [4.69, 9.17) is 14.6 Å². The largest absolute Gasteiger partial charge is 0.493 e.